The Kier molecular flexibility index (Phi) is 3.56. The van der Waals surface area contributed by atoms with Gasteiger partial charge in [-0.1, -0.05) is 15.9 Å². The van der Waals surface area contributed by atoms with Crippen LogP contribution in [0, 0.1) is 6.92 Å². The molecule has 0 atom stereocenters. The van der Waals surface area contributed by atoms with Crippen LogP contribution in [0.4, 0.5) is 0 Å². The smallest absolute Gasteiger partial charge is 0.123 e. The van der Waals surface area contributed by atoms with Crippen LogP contribution in [0.25, 0.3) is 0 Å². The summed E-state index contributed by atoms with van der Waals surface area (Å²) in [7, 11) is 0. The summed E-state index contributed by atoms with van der Waals surface area (Å²) in [5.74, 6) is 0.892. The summed E-state index contributed by atoms with van der Waals surface area (Å²) in [5, 5.41) is 0. The maximum atomic E-state index is 5.79. The molecule has 0 heterocycles. The average Bonchev–Trinajstić information content (AvgIpc) is 2.10. The van der Waals surface area contributed by atoms with Crippen LogP contribution in [-0.4, -0.2) is 12.1 Å². The summed E-state index contributed by atoms with van der Waals surface area (Å²) in [5.41, 5.74) is 6.40. The van der Waals surface area contributed by atoms with Crippen molar-refractivity contribution in [3.63, 3.8) is 0 Å². The minimum absolute atomic E-state index is 0.307. The van der Waals surface area contributed by atoms with Crippen LogP contribution in [0.3, 0.4) is 0 Å². The molecule has 0 aliphatic heterocycles. The number of hydrogen-bond donors (Lipinski definition) is 1. The molecule has 1 aromatic carbocycles. The molecule has 0 aliphatic carbocycles. The summed E-state index contributed by atoms with van der Waals surface area (Å²) < 4.78 is 6.85. The molecule has 14 heavy (non-hydrogen) atoms. The lowest BCUT2D eigenvalue weighted by Gasteiger charge is -2.25. The molecular formula is C11H16BrNO. The van der Waals surface area contributed by atoms with E-state index in [-0.39, 0.29) is 5.60 Å². The molecule has 0 saturated carbocycles. The highest BCUT2D eigenvalue weighted by molar-refractivity contribution is 9.10. The third kappa shape index (κ3) is 3.00. The summed E-state index contributed by atoms with van der Waals surface area (Å²) in [6.45, 7) is 6.48. The van der Waals surface area contributed by atoms with Gasteiger partial charge in [-0.15, -0.1) is 0 Å². The maximum Gasteiger partial charge on any atom is 0.123 e. The molecule has 0 bridgehead atoms. The van der Waals surface area contributed by atoms with Gasteiger partial charge in [-0.3, -0.25) is 0 Å². The SMILES string of the molecule is Cc1cc(Br)ccc1OC(C)(C)CN. The van der Waals surface area contributed by atoms with Crippen molar-refractivity contribution >= 4 is 15.9 Å². The average molecular weight is 258 g/mol. The highest BCUT2D eigenvalue weighted by atomic mass is 79.9. The minimum atomic E-state index is -0.307. The van der Waals surface area contributed by atoms with Gasteiger partial charge in [0.1, 0.15) is 11.4 Å². The van der Waals surface area contributed by atoms with Crippen molar-refractivity contribution in [2.24, 2.45) is 5.73 Å². The molecule has 0 aromatic heterocycles. The second-order valence-electron chi connectivity index (χ2n) is 3.98. The predicted molar refractivity (Wildman–Crippen MR) is 62.6 cm³/mol. The molecule has 0 radical (unpaired) electrons. The zero-order valence-electron chi connectivity index (χ0n) is 8.80. The van der Waals surface area contributed by atoms with Gasteiger partial charge in [0.25, 0.3) is 0 Å². The van der Waals surface area contributed by atoms with Gasteiger partial charge in [0, 0.05) is 11.0 Å². The monoisotopic (exact) mass is 257 g/mol. The second-order valence-corrected chi connectivity index (χ2v) is 4.89. The fourth-order valence-corrected chi connectivity index (χ4v) is 1.54. The van der Waals surface area contributed by atoms with E-state index in [0.717, 1.165) is 15.8 Å². The Morgan fingerprint density at radius 3 is 2.57 bits per heavy atom. The third-order valence-corrected chi connectivity index (χ3v) is 2.51. The normalized spacial score (nSPS) is 11.5. The van der Waals surface area contributed by atoms with Crippen LogP contribution in [0.2, 0.25) is 0 Å². The zero-order chi connectivity index (χ0) is 10.8. The molecule has 3 heteroatoms. The van der Waals surface area contributed by atoms with E-state index in [0.29, 0.717) is 6.54 Å². The van der Waals surface area contributed by atoms with Gasteiger partial charge in [0.15, 0.2) is 0 Å². The first-order chi connectivity index (χ1) is 6.44. The highest BCUT2D eigenvalue weighted by Crippen LogP contribution is 2.25. The Bertz CT molecular complexity index is 323. The van der Waals surface area contributed by atoms with E-state index < -0.39 is 0 Å². The Hall–Kier alpha value is -0.540. The molecular weight excluding hydrogens is 242 g/mol. The topological polar surface area (TPSA) is 35.2 Å². The van der Waals surface area contributed by atoms with Crippen molar-refractivity contribution in [1.29, 1.82) is 0 Å². The molecule has 0 saturated heterocycles. The lowest BCUT2D eigenvalue weighted by Crippen LogP contribution is -2.37. The third-order valence-electron chi connectivity index (χ3n) is 2.01. The summed E-state index contributed by atoms with van der Waals surface area (Å²) in [6.07, 6.45) is 0. The quantitative estimate of drug-likeness (QED) is 0.904. The molecule has 2 nitrogen and oxygen atoms in total. The number of nitrogens with two attached hydrogens (primary N) is 1. The summed E-state index contributed by atoms with van der Waals surface area (Å²) in [6, 6.07) is 5.95. The maximum absolute atomic E-state index is 5.79. The van der Waals surface area contributed by atoms with E-state index in [1.165, 1.54) is 0 Å². The van der Waals surface area contributed by atoms with E-state index in [1.807, 2.05) is 39.0 Å². The zero-order valence-corrected chi connectivity index (χ0v) is 10.4. The van der Waals surface area contributed by atoms with Gasteiger partial charge in [-0.2, -0.15) is 0 Å². The number of rotatable bonds is 3. The van der Waals surface area contributed by atoms with E-state index in [9.17, 15) is 0 Å². The Balaban J connectivity index is 2.87. The molecule has 1 aromatic rings. The van der Waals surface area contributed by atoms with Crippen molar-refractivity contribution in [3.8, 4) is 5.75 Å². The lowest BCUT2D eigenvalue weighted by atomic mass is 10.1. The highest BCUT2D eigenvalue weighted by Gasteiger charge is 2.18. The predicted octanol–water partition coefficient (Wildman–Crippen LogP) is 2.87. The van der Waals surface area contributed by atoms with Crippen LogP contribution in [0.5, 0.6) is 5.75 Å². The minimum Gasteiger partial charge on any atom is -0.486 e. The number of benzene rings is 1. The van der Waals surface area contributed by atoms with E-state index in [1.54, 1.807) is 0 Å². The van der Waals surface area contributed by atoms with Crippen LogP contribution in [0.15, 0.2) is 22.7 Å². The Labute approximate surface area is 93.6 Å². The fraction of sp³-hybridized carbons (Fsp3) is 0.455. The van der Waals surface area contributed by atoms with Crippen molar-refractivity contribution < 1.29 is 4.74 Å². The van der Waals surface area contributed by atoms with Gasteiger partial charge >= 0.3 is 0 Å². The van der Waals surface area contributed by atoms with Crippen molar-refractivity contribution in [2.45, 2.75) is 26.4 Å². The molecule has 2 N–H and O–H groups in total. The number of ether oxygens (including phenoxy) is 1. The molecule has 0 amide bonds. The van der Waals surface area contributed by atoms with Gasteiger partial charge in [-0.05, 0) is 44.5 Å². The van der Waals surface area contributed by atoms with Crippen LogP contribution < -0.4 is 10.5 Å². The number of hydrogen-bond acceptors (Lipinski definition) is 2. The molecule has 0 aliphatic rings. The molecule has 0 unspecified atom stereocenters. The molecule has 0 fully saturated rings. The van der Waals surface area contributed by atoms with Crippen molar-refractivity contribution in [1.82, 2.24) is 0 Å². The second kappa shape index (κ2) is 4.32. The Morgan fingerprint density at radius 1 is 1.43 bits per heavy atom. The standard InChI is InChI=1S/C11H16BrNO/c1-8-6-9(12)4-5-10(8)14-11(2,3)7-13/h4-6H,7,13H2,1-3H3. The van der Waals surface area contributed by atoms with Gasteiger partial charge in [-0.25, -0.2) is 0 Å². The van der Waals surface area contributed by atoms with Crippen molar-refractivity contribution in [2.75, 3.05) is 6.54 Å². The van der Waals surface area contributed by atoms with Crippen molar-refractivity contribution in [3.05, 3.63) is 28.2 Å². The Morgan fingerprint density at radius 2 is 2.07 bits per heavy atom. The molecule has 78 valence electrons. The number of halogens is 1. The lowest BCUT2D eigenvalue weighted by molar-refractivity contribution is 0.118. The first kappa shape index (κ1) is 11.5. The van der Waals surface area contributed by atoms with E-state index in [2.05, 4.69) is 15.9 Å². The van der Waals surface area contributed by atoms with Gasteiger partial charge in [0.2, 0.25) is 0 Å². The summed E-state index contributed by atoms with van der Waals surface area (Å²) >= 11 is 3.41. The first-order valence-electron chi connectivity index (χ1n) is 4.60. The van der Waals surface area contributed by atoms with E-state index >= 15 is 0 Å². The van der Waals surface area contributed by atoms with Crippen LogP contribution >= 0.6 is 15.9 Å². The van der Waals surface area contributed by atoms with E-state index in [4.69, 9.17) is 10.5 Å². The summed E-state index contributed by atoms with van der Waals surface area (Å²) in [4.78, 5) is 0. The molecule has 0 spiro atoms. The number of aryl methyl sites for hydroxylation is 1. The molecule has 1 rings (SSSR count). The van der Waals surface area contributed by atoms with Gasteiger partial charge < -0.3 is 10.5 Å². The van der Waals surface area contributed by atoms with Gasteiger partial charge in [0.05, 0.1) is 0 Å². The fourth-order valence-electron chi connectivity index (χ4n) is 1.07. The first-order valence-corrected chi connectivity index (χ1v) is 5.39. The van der Waals surface area contributed by atoms with Crippen LogP contribution in [-0.2, 0) is 0 Å². The largest absolute Gasteiger partial charge is 0.486 e. The van der Waals surface area contributed by atoms with Crippen LogP contribution in [0.1, 0.15) is 19.4 Å².